The van der Waals surface area contributed by atoms with Crippen LogP contribution in [0.3, 0.4) is 0 Å². The first-order valence-electron chi connectivity index (χ1n) is 7.65. The topological polar surface area (TPSA) is 50.4 Å². The zero-order chi connectivity index (χ0) is 19.4. The van der Waals surface area contributed by atoms with E-state index in [-0.39, 0.29) is 31.4 Å². The van der Waals surface area contributed by atoms with Gasteiger partial charge in [-0.1, -0.05) is 17.6 Å². The largest absolute Gasteiger partial charge is 0.506 e. The molecule has 0 radical (unpaired) electrons. The molecule has 3 aromatic rings. The summed E-state index contributed by atoms with van der Waals surface area (Å²) in [5, 5.41) is 10.2. The number of benzene rings is 2. The highest BCUT2D eigenvalue weighted by Gasteiger charge is 2.37. The van der Waals surface area contributed by atoms with Gasteiger partial charge in [0.15, 0.2) is 11.5 Å². The fraction of sp³-hybridized carbons (Fsp3) is 0.118. The number of halogens is 4. The molecule has 0 amide bonds. The van der Waals surface area contributed by atoms with Gasteiger partial charge in [0.25, 0.3) is 0 Å². The summed E-state index contributed by atoms with van der Waals surface area (Å²) in [6.07, 6.45) is 0. The Balaban J connectivity index is 2.34. The van der Waals surface area contributed by atoms with Gasteiger partial charge in [-0.2, -0.15) is 8.78 Å². The highest BCUT2D eigenvalue weighted by atomic mass is 79.9. The first-order valence-corrected chi connectivity index (χ1v) is 9.24. The van der Waals surface area contributed by atoms with Crippen LogP contribution in [0.4, 0.5) is 8.78 Å². The molecule has 26 heavy (non-hydrogen) atoms. The molecule has 0 spiro atoms. The summed E-state index contributed by atoms with van der Waals surface area (Å²) < 4.78 is 34.3. The van der Waals surface area contributed by atoms with Gasteiger partial charge in [0.2, 0.25) is 0 Å². The molecule has 0 aliphatic heterocycles. The average molecular weight is 484 g/mol. The lowest BCUT2D eigenvalue weighted by atomic mass is 9.84. The second-order valence-corrected chi connectivity index (χ2v) is 7.98. The first-order chi connectivity index (χ1) is 12.0. The summed E-state index contributed by atoms with van der Waals surface area (Å²) in [6.45, 7) is 0.701. The van der Waals surface area contributed by atoms with E-state index in [0.29, 0.717) is 17.8 Å². The molecule has 0 saturated heterocycles. The van der Waals surface area contributed by atoms with Crippen LogP contribution < -0.4 is 10.9 Å². The Kier molecular flexibility index (Phi) is 4.82. The van der Waals surface area contributed by atoms with Gasteiger partial charge in [-0.05, 0) is 49.5 Å². The number of phenols is 1. The quantitative estimate of drug-likeness (QED) is 0.460. The van der Waals surface area contributed by atoms with Gasteiger partial charge in [0.05, 0.1) is 14.5 Å². The van der Waals surface area contributed by atoms with Crippen molar-refractivity contribution in [2.75, 3.05) is 0 Å². The molecule has 0 aliphatic carbocycles. The van der Waals surface area contributed by atoms with Crippen molar-refractivity contribution in [1.29, 1.82) is 0 Å². The van der Waals surface area contributed by atoms with Crippen LogP contribution in [-0.2, 0) is 5.92 Å². The first kappa shape index (κ1) is 19.2. The number of aromatic hydroxyl groups is 1. The molecule has 0 atom stereocenters. The Morgan fingerprint density at radius 2 is 1.73 bits per heavy atom. The molecule has 0 aliphatic rings. The van der Waals surface area contributed by atoms with Crippen molar-refractivity contribution in [2.45, 2.75) is 12.8 Å². The average Bonchev–Trinajstić information content (AvgIpc) is 2.91. The van der Waals surface area contributed by atoms with E-state index in [1.165, 1.54) is 12.1 Å². The Hall–Kier alpha value is -1.60. The van der Waals surface area contributed by atoms with E-state index in [0.717, 1.165) is 5.46 Å². The second-order valence-electron chi connectivity index (χ2n) is 6.27. The summed E-state index contributed by atoms with van der Waals surface area (Å²) >= 11 is 6.31. The minimum atomic E-state index is -3.32. The molecule has 0 saturated carbocycles. The third kappa shape index (κ3) is 3.22. The van der Waals surface area contributed by atoms with Crippen LogP contribution in [0.15, 0.2) is 37.6 Å². The van der Waals surface area contributed by atoms with E-state index in [1.807, 2.05) is 13.9 Å². The summed E-state index contributed by atoms with van der Waals surface area (Å²) in [5.74, 6) is -4.67. The molecule has 1 N–H and O–H groups in total. The predicted molar refractivity (Wildman–Crippen MR) is 109 cm³/mol. The molecule has 0 fully saturated rings. The van der Waals surface area contributed by atoms with E-state index < -0.39 is 17.5 Å². The number of hydrogen-bond acceptors (Lipinski definition) is 3. The normalized spacial score (nSPS) is 11.9. The lowest BCUT2D eigenvalue weighted by Gasteiger charge is -2.10. The molecule has 132 valence electrons. The maximum atomic E-state index is 14.2. The lowest BCUT2D eigenvalue weighted by Crippen LogP contribution is -2.15. The van der Waals surface area contributed by atoms with Crippen molar-refractivity contribution in [1.82, 2.24) is 0 Å². The van der Waals surface area contributed by atoms with Crippen LogP contribution in [0, 0.1) is 0 Å². The van der Waals surface area contributed by atoms with E-state index in [2.05, 4.69) is 31.9 Å². The highest BCUT2D eigenvalue weighted by molar-refractivity contribution is 9.11. The Morgan fingerprint density at radius 3 is 2.27 bits per heavy atom. The van der Waals surface area contributed by atoms with Gasteiger partial charge in [-0.15, -0.1) is 0 Å². The van der Waals surface area contributed by atoms with E-state index in [1.54, 1.807) is 13.9 Å². The van der Waals surface area contributed by atoms with Crippen molar-refractivity contribution in [3.8, 4) is 5.75 Å². The van der Waals surface area contributed by atoms with Gasteiger partial charge < -0.3 is 9.52 Å². The van der Waals surface area contributed by atoms with Gasteiger partial charge in [-0.3, -0.25) is 4.79 Å². The number of hydrogen-bond donors (Lipinski definition) is 1. The number of alkyl halides is 2. The van der Waals surface area contributed by atoms with Crippen molar-refractivity contribution in [3.63, 3.8) is 0 Å². The molecule has 1 heterocycles. The summed E-state index contributed by atoms with van der Waals surface area (Å²) in [6, 6.07) is 6.26. The minimum Gasteiger partial charge on any atom is -0.506 e. The fourth-order valence-corrected chi connectivity index (χ4v) is 4.11. The minimum absolute atomic E-state index is 0.0775. The Labute approximate surface area is 166 Å². The lowest BCUT2D eigenvalue weighted by molar-refractivity contribution is -0.00465. The van der Waals surface area contributed by atoms with Gasteiger partial charge in [0.1, 0.15) is 27.0 Å². The monoisotopic (exact) mass is 482 g/mol. The van der Waals surface area contributed by atoms with Gasteiger partial charge in [-0.25, -0.2) is 0 Å². The van der Waals surface area contributed by atoms with Gasteiger partial charge >= 0.3 is 5.92 Å². The molecule has 2 aromatic carbocycles. The molecule has 3 nitrogen and oxygen atoms in total. The van der Waals surface area contributed by atoms with E-state index in [4.69, 9.17) is 4.42 Å². The van der Waals surface area contributed by atoms with Crippen LogP contribution >= 0.6 is 31.9 Å². The zero-order valence-corrected chi connectivity index (χ0v) is 17.3. The molecular formula is C17H12B2Br2F2O3. The van der Waals surface area contributed by atoms with Crippen LogP contribution in [0.25, 0.3) is 11.0 Å². The summed E-state index contributed by atoms with van der Waals surface area (Å²) in [7, 11) is 3.57. The molecular weight excluding hydrogens is 472 g/mol. The van der Waals surface area contributed by atoms with Crippen molar-refractivity contribution >= 4 is 75.2 Å². The van der Waals surface area contributed by atoms with Crippen LogP contribution in [0.5, 0.6) is 5.75 Å². The predicted octanol–water partition coefficient (Wildman–Crippen LogP) is 2.52. The number of carbonyl (C=O) groups is 1. The van der Waals surface area contributed by atoms with Gasteiger partial charge in [0, 0.05) is 17.9 Å². The van der Waals surface area contributed by atoms with Crippen LogP contribution in [-0.4, -0.2) is 26.6 Å². The zero-order valence-electron chi connectivity index (χ0n) is 14.1. The fourth-order valence-electron chi connectivity index (χ4n) is 2.93. The number of ketones is 1. The number of rotatable bonds is 3. The summed E-state index contributed by atoms with van der Waals surface area (Å²) in [4.78, 5) is 13.1. The van der Waals surface area contributed by atoms with Crippen LogP contribution in [0.1, 0.15) is 28.6 Å². The standard InChI is InChI=1S/C17H12B2Br2F2O3/c1-17(22,23)16-12(8-4-7(18)5-9(19)15(8)26-16)13(24)6-2-10(20)14(25)11(21)3-6/h2-5,25H,18-19H2,1H3. The maximum absolute atomic E-state index is 14.2. The SMILES string of the molecule is Bc1cc(B)c2oc(C(C)(F)F)c(C(=O)c3cc(Br)c(O)c(Br)c3)c2c1. The molecule has 1 aromatic heterocycles. The van der Waals surface area contributed by atoms with E-state index >= 15 is 0 Å². The number of carbonyl (C=O) groups excluding carboxylic acids is 1. The Morgan fingerprint density at radius 1 is 1.15 bits per heavy atom. The highest BCUT2D eigenvalue weighted by Crippen LogP contribution is 2.39. The van der Waals surface area contributed by atoms with E-state index in [9.17, 15) is 18.7 Å². The van der Waals surface area contributed by atoms with Crippen molar-refractivity contribution in [2.24, 2.45) is 0 Å². The number of phenolic OH excluding ortho intramolecular Hbond substituents is 1. The molecule has 3 rings (SSSR count). The Bertz CT molecular complexity index is 1040. The number of fused-ring (bicyclic) bond motifs is 1. The second kappa shape index (κ2) is 6.53. The molecule has 9 heteroatoms. The molecule has 0 bridgehead atoms. The van der Waals surface area contributed by atoms with Crippen LogP contribution in [0.2, 0.25) is 0 Å². The smallest absolute Gasteiger partial charge is 0.302 e. The molecule has 0 unspecified atom stereocenters. The maximum Gasteiger partial charge on any atom is 0.302 e. The number of furan rings is 1. The third-order valence-corrected chi connectivity index (χ3v) is 5.23. The van der Waals surface area contributed by atoms with Crippen molar-refractivity contribution < 1.29 is 23.1 Å². The summed E-state index contributed by atoms with van der Waals surface area (Å²) in [5.41, 5.74) is 1.77. The van der Waals surface area contributed by atoms with Crippen molar-refractivity contribution in [3.05, 3.63) is 50.1 Å². The third-order valence-electron chi connectivity index (χ3n) is 4.02.